The highest BCUT2D eigenvalue weighted by Gasteiger charge is 2.38. The monoisotopic (exact) mass is 532 g/mol. The van der Waals surface area contributed by atoms with Gasteiger partial charge in [-0.2, -0.15) is 0 Å². The molecule has 0 radical (unpaired) electrons. The molecule has 2 N–H and O–H groups in total. The second-order valence-electron chi connectivity index (χ2n) is 11.9. The van der Waals surface area contributed by atoms with Crippen molar-refractivity contribution < 1.29 is 0 Å². The number of anilines is 3. The number of hydrogen-bond acceptors (Lipinski definition) is 2. The minimum Gasteiger partial charge on any atom is -0.361 e. The minimum absolute atomic E-state index is 0.0136. The SMILES string of the molecule is CC1/C=C2\C(=C/Nc3ccc(C4=CC(c5ccccc5Nc5ccccc5)=CCC4)cc31)c1ccccc1C2(C)C. The van der Waals surface area contributed by atoms with Crippen LogP contribution in [0.2, 0.25) is 0 Å². The number of hydrogen-bond donors (Lipinski definition) is 2. The van der Waals surface area contributed by atoms with Gasteiger partial charge in [0.1, 0.15) is 0 Å². The summed E-state index contributed by atoms with van der Waals surface area (Å²) in [5.41, 5.74) is 15.5. The van der Waals surface area contributed by atoms with E-state index in [4.69, 9.17) is 0 Å². The Bertz CT molecular complexity index is 1760. The molecular formula is C39H36N2. The predicted molar refractivity (Wildman–Crippen MR) is 175 cm³/mol. The first-order valence-corrected chi connectivity index (χ1v) is 14.7. The predicted octanol–water partition coefficient (Wildman–Crippen LogP) is 10.5. The second-order valence-corrected chi connectivity index (χ2v) is 11.9. The molecule has 1 atom stereocenters. The number of rotatable bonds is 4. The van der Waals surface area contributed by atoms with Crippen molar-refractivity contribution in [1.82, 2.24) is 0 Å². The Kier molecular flexibility index (Phi) is 6.27. The lowest BCUT2D eigenvalue weighted by molar-refractivity contribution is 0.654. The van der Waals surface area contributed by atoms with E-state index in [1.807, 2.05) is 6.07 Å². The number of benzene rings is 4. The summed E-state index contributed by atoms with van der Waals surface area (Å²) in [6.07, 6.45) is 11.6. The topological polar surface area (TPSA) is 24.1 Å². The summed E-state index contributed by atoms with van der Waals surface area (Å²) in [7, 11) is 0. The van der Waals surface area contributed by atoms with Crippen LogP contribution < -0.4 is 10.6 Å². The van der Waals surface area contributed by atoms with Crippen molar-refractivity contribution in [2.75, 3.05) is 10.6 Å². The molecule has 0 bridgehead atoms. The van der Waals surface area contributed by atoms with E-state index in [0.717, 1.165) is 24.2 Å². The Hall–Kier alpha value is -4.56. The molecule has 0 aromatic heterocycles. The zero-order chi connectivity index (χ0) is 28.0. The molecule has 2 heteroatoms. The molecule has 0 fully saturated rings. The molecule has 0 saturated carbocycles. The second kappa shape index (κ2) is 10.1. The number of para-hydroxylation sites is 2. The van der Waals surface area contributed by atoms with Gasteiger partial charge in [-0.25, -0.2) is 0 Å². The molecule has 3 aliphatic rings. The van der Waals surface area contributed by atoms with Gasteiger partial charge in [0, 0.05) is 45.7 Å². The van der Waals surface area contributed by atoms with Gasteiger partial charge < -0.3 is 10.6 Å². The van der Waals surface area contributed by atoms with Crippen molar-refractivity contribution in [3.05, 3.63) is 155 Å². The van der Waals surface area contributed by atoms with E-state index < -0.39 is 0 Å². The van der Waals surface area contributed by atoms with E-state index >= 15 is 0 Å². The van der Waals surface area contributed by atoms with Crippen molar-refractivity contribution in [2.45, 2.75) is 44.9 Å². The van der Waals surface area contributed by atoms with E-state index in [-0.39, 0.29) is 5.41 Å². The minimum atomic E-state index is -0.0136. The van der Waals surface area contributed by atoms with E-state index in [0.29, 0.717) is 5.92 Å². The maximum atomic E-state index is 3.70. The van der Waals surface area contributed by atoms with Gasteiger partial charge >= 0.3 is 0 Å². The molecule has 202 valence electrons. The van der Waals surface area contributed by atoms with Gasteiger partial charge in [0.2, 0.25) is 0 Å². The smallest absolute Gasteiger partial charge is 0.0463 e. The molecule has 1 unspecified atom stereocenters. The van der Waals surface area contributed by atoms with Gasteiger partial charge in [0.25, 0.3) is 0 Å². The highest BCUT2D eigenvalue weighted by atomic mass is 14.9. The standard InChI is InChI=1S/C39H36N2/c1-26-22-36-34(32-17-7-9-18-35(32)39(36,2)3)25-40-37-21-20-28(24-33(26)37)27-12-11-13-29(23-27)31-16-8-10-19-38(31)41-30-14-5-4-6-15-30/h4-10,13-26,40-41H,11-12H2,1-3H3/b34-25-,36-22+. The van der Waals surface area contributed by atoms with Crippen LogP contribution in [0.5, 0.6) is 0 Å². The first-order chi connectivity index (χ1) is 20.0. The highest BCUT2D eigenvalue weighted by Crippen LogP contribution is 2.51. The van der Waals surface area contributed by atoms with Crippen LogP contribution in [0.3, 0.4) is 0 Å². The van der Waals surface area contributed by atoms with Crippen LogP contribution in [-0.2, 0) is 5.41 Å². The van der Waals surface area contributed by atoms with Gasteiger partial charge in [-0.15, -0.1) is 0 Å². The molecule has 41 heavy (non-hydrogen) atoms. The average molecular weight is 533 g/mol. The summed E-state index contributed by atoms with van der Waals surface area (Å²) in [6.45, 7) is 7.05. The Morgan fingerprint density at radius 3 is 2.44 bits per heavy atom. The summed E-state index contributed by atoms with van der Waals surface area (Å²) in [5, 5.41) is 7.32. The summed E-state index contributed by atoms with van der Waals surface area (Å²) in [6, 6.07) is 34.9. The van der Waals surface area contributed by atoms with Gasteiger partial charge in [0.15, 0.2) is 0 Å². The van der Waals surface area contributed by atoms with Crippen LogP contribution in [0.1, 0.15) is 67.3 Å². The fraction of sp³-hybridized carbons (Fsp3) is 0.179. The third-order valence-electron chi connectivity index (χ3n) is 8.95. The van der Waals surface area contributed by atoms with E-state index in [1.54, 1.807) is 0 Å². The van der Waals surface area contributed by atoms with Crippen LogP contribution in [0.4, 0.5) is 17.1 Å². The summed E-state index contributed by atoms with van der Waals surface area (Å²) < 4.78 is 0. The summed E-state index contributed by atoms with van der Waals surface area (Å²) in [5.74, 6) is 0.291. The maximum absolute atomic E-state index is 3.70. The van der Waals surface area contributed by atoms with Gasteiger partial charge in [0.05, 0.1) is 0 Å². The Morgan fingerprint density at radius 1 is 0.829 bits per heavy atom. The molecule has 4 aromatic carbocycles. The lowest BCUT2D eigenvalue weighted by Crippen LogP contribution is -2.16. The molecule has 1 aliphatic heterocycles. The van der Waals surface area contributed by atoms with Gasteiger partial charge in [-0.05, 0) is 82.1 Å². The molecule has 2 aliphatic carbocycles. The normalized spacial score (nSPS) is 21.2. The van der Waals surface area contributed by atoms with Crippen molar-refractivity contribution in [2.24, 2.45) is 0 Å². The Labute approximate surface area is 243 Å². The number of nitrogens with one attached hydrogen (secondary N) is 2. The van der Waals surface area contributed by atoms with Crippen molar-refractivity contribution in [3.63, 3.8) is 0 Å². The van der Waals surface area contributed by atoms with Crippen LogP contribution in [0, 0.1) is 0 Å². The molecule has 7 rings (SSSR count). The lowest BCUT2D eigenvalue weighted by Gasteiger charge is -2.26. The fourth-order valence-electron chi connectivity index (χ4n) is 6.74. The van der Waals surface area contributed by atoms with E-state index in [9.17, 15) is 0 Å². The molecule has 2 nitrogen and oxygen atoms in total. The third kappa shape index (κ3) is 4.54. The molecule has 1 heterocycles. The summed E-state index contributed by atoms with van der Waals surface area (Å²) >= 11 is 0. The van der Waals surface area contributed by atoms with Crippen LogP contribution in [-0.4, -0.2) is 0 Å². The molecule has 4 aromatic rings. The van der Waals surface area contributed by atoms with Crippen LogP contribution in [0.15, 0.2) is 127 Å². The van der Waals surface area contributed by atoms with Crippen LogP contribution in [0.25, 0.3) is 16.7 Å². The largest absolute Gasteiger partial charge is 0.361 e. The van der Waals surface area contributed by atoms with Crippen molar-refractivity contribution in [3.8, 4) is 0 Å². The van der Waals surface area contributed by atoms with E-state index in [2.05, 4.69) is 147 Å². The fourth-order valence-corrected chi connectivity index (χ4v) is 6.74. The first kappa shape index (κ1) is 25.4. The molecule has 0 spiro atoms. The Balaban J connectivity index is 1.23. The number of allylic oxidation sites excluding steroid dienone is 7. The Morgan fingerprint density at radius 2 is 1.59 bits per heavy atom. The lowest BCUT2D eigenvalue weighted by atomic mass is 9.79. The maximum Gasteiger partial charge on any atom is 0.0463 e. The first-order valence-electron chi connectivity index (χ1n) is 14.7. The molecular weight excluding hydrogens is 496 g/mol. The zero-order valence-electron chi connectivity index (χ0n) is 24.0. The van der Waals surface area contributed by atoms with E-state index in [1.165, 1.54) is 55.8 Å². The molecule has 0 amide bonds. The van der Waals surface area contributed by atoms with Crippen molar-refractivity contribution in [1.29, 1.82) is 0 Å². The summed E-state index contributed by atoms with van der Waals surface area (Å²) in [4.78, 5) is 0. The van der Waals surface area contributed by atoms with Gasteiger partial charge in [-0.1, -0.05) is 106 Å². The quantitative estimate of drug-likeness (QED) is 0.273. The van der Waals surface area contributed by atoms with Gasteiger partial charge in [-0.3, -0.25) is 0 Å². The zero-order valence-corrected chi connectivity index (χ0v) is 24.0. The van der Waals surface area contributed by atoms with Crippen LogP contribution >= 0.6 is 0 Å². The third-order valence-corrected chi connectivity index (χ3v) is 8.95. The molecule has 0 saturated heterocycles. The highest BCUT2D eigenvalue weighted by molar-refractivity contribution is 5.93. The average Bonchev–Trinajstić information content (AvgIpc) is 3.21. The number of fused-ring (bicyclic) bond motifs is 4. The van der Waals surface area contributed by atoms with Crippen molar-refractivity contribution >= 4 is 33.8 Å².